The highest BCUT2D eigenvalue weighted by Crippen LogP contribution is 2.35. The van der Waals surface area contributed by atoms with Gasteiger partial charge in [-0.2, -0.15) is 0 Å². The van der Waals surface area contributed by atoms with E-state index in [1.54, 1.807) is 0 Å². The van der Waals surface area contributed by atoms with E-state index in [0.29, 0.717) is 11.7 Å². The summed E-state index contributed by atoms with van der Waals surface area (Å²) in [6.07, 6.45) is 3.00. The Morgan fingerprint density at radius 2 is 1.93 bits per heavy atom. The molecule has 2 rings (SSSR count). The second-order valence-corrected chi connectivity index (χ2v) is 4.16. The highest BCUT2D eigenvalue weighted by atomic mass is 16.1. The predicted molar refractivity (Wildman–Crippen MR) is 57.2 cm³/mol. The third-order valence-corrected chi connectivity index (χ3v) is 3.28. The summed E-state index contributed by atoms with van der Waals surface area (Å²) in [5.74, 6) is 1.11. The highest BCUT2D eigenvalue weighted by Gasteiger charge is 2.28. The Balaban J connectivity index is 2.22. The number of carbonyl (C=O) groups excluding carboxylic acids is 1. The SMILES string of the molecule is C[C@H]1C(=O)CCC[C@H]1c1ccccc1. The Kier molecular flexibility index (Phi) is 2.67. The van der Waals surface area contributed by atoms with Crippen molar-refractivity contribution in [3.05, 3.63) is 35.9 Å². The van der Waals surface area contributed by atoms with E-state index in [2.05, 4.69) is 31.2 Å². The summed E-state index contributed by atoms with van der Waals surface area (Å²) in [4.78, 5) is 11.6. The normalized spacial score (nSPS) is 27.6. The molecule has 1 aliphatic carbocycles. The van der Waals surface area contributed by atoms with Crippen LogP contribution >= 0.6 is 0 Å². The van der Waals surface area contributed by atoms with Crippen LogP contribution in [0.1, 0.15) is 37.7 Å². The molecule has 0 N–H and O–H groups in total. The van der Waals surface area contributed by atoms with Crippen molar-refractivity contribution in [1.29, 1.82) is 0 Å². The molecule has 0 aliphatic heterocycles. The van der Waals surface area contributed by atoms with Gasteiger partial charge in [0.2, 0.25) is 0 Å². The van der Waals surface area contributed by atoms with Crippen LogP contribution in [0, 0.1) is 5.92 Å². The van der Waals surface area contributed by atoms with Gasteiger partial charge in [-0.1, -0.05) is 37.3 Å². The molecule has 74 valence electrons. The number of hydrogen-bond donors (Lipinski definition) is 0. The summed E-state index contributed by atoms with van der Waals surface area (Å²) in [7, 11) is 0. The number of Topliss-reactive ketones (excluding diaryl/α,β-unsaturated/α-hetero) is 1. The molecular formula is C13H16O. The summed E-state index contributed by atoms with van der Waals surface area (Å²) in [5, 5.41) is 0. The minimum Gasteiger partial charge on any atom is -0.299 e. The highest BCUT2D eigenvalue weighted by molar-refractivity contribution is 5.82. The average Bonchev–Trinajstić information content (AvgIpc) is 2.23. The lowest BCUT2D eigenvalue weighted by molar-refractivity contribution is -0.124. The zero-order chi connectivity index (χ0) is 9.97. The van der Waals surface area contributed by atoms with Gasteiger partial charge in [-0.15, -0.1) is 0 Å². The van der Waals surface area contributed by atoms with Gasteiger partial charge >= 0.3 is 0 Å². The topological polar surface area (TPSA) is 17.1 Å². The summed E-state index contributed by atoms with van der Waals surface area (Å²) < 4.78 is 0. The van der Waals surface area contributed by atoms with Crippen LogP contribution in [-0.4, -0.2) is 5.78 Å². The van der Waals surface area contributed by atoms with Crippen LogP contribution < -0.4 is 0 Å². The van der Waals surface area contributed by atoms with Crippen molar-refractivity contribution in [2.45, 2.75) is 32.1 Å². The largest absolute Gasteiger partial charge is 0.299 e. The van der Waals surface area contributed by atoms with Crippen LogP contribution in [0.4, 0.5) is 0 Å². The number of hydrogen-bond acceptors (Lipinski definition) is 1. The van der Waals surface area contributed by atoms with Crippen molar-refractivity contribution >= 4 is 5.78 Å². The number of carbonyl (C=O) groups is 1. The standard InChI is InChI=1S/C13H16O/c1-10-12(8-5-9-13(10)14)11-6-3-2-4-7-11/h2-4,6-7,10,12H,5,8-9H2,1H3/t10-,12-/m1/s1. The molecule has 0 bridgehead atoms. The number of ketones is 1. The predicted octanol–water partition coefficient (Wildman–Crippen LogP) is 3.16. The summed E-state index contributed by atoms with van der Waals surface area (Å²) >= 11 is 0. The first-order chi connectivity index (χ1) is 6.79. The third kappa shape index (κ3) is 1.72. The van der Waals surface area contributed by atoms with Gasteiger partial charge < -0.3 is 0 Å². The molecule has 1 saturated carbocycles. The van der Waals surface area contributed by atoms with E-state index in [1.165, 1.54) is 5.56 Å². The van der Waals surface area contributed by atoms with Gasteiger partial charge in [0.1, 0.15) is 5.78 Å². The van der Waals surface area contributed by atoms with Gasteiger partial charge in [0.15, 0.2) is 0 Å². The Morgan fingerprint density at radius 3 is 2.64 bits per heavy atom. The molecule has 1 aromatic carbocycles. The molecule has 1 aliphatic rings. The third-order valence-electron chi connectivity index (χ3n) is 3.28. The lowest BCUT2D eigenvalue weighted by atomic mass is 9.76. The van der Waals surface area contributed by atoms with E-state index in [9.17, 15) is 4.79 Å². The fourth-order valence-electron chi connectivity index (χ4n) is 2.35. The van der Waals surface area contributed by atoms with Crippen LogP contribution in [0.25, 0.3) is 0 Å². The maximum atomic E-state index is 11.6. The Morgan fingerprint density at radius 1 is 1.21 bits per heavy atom. The van der Waals surface area contributed by atoms with Gasteiger partial charge in [0, 0.05) is 12.3 Å². The monoisotopic (exact) mass is 188 g/mol. The van der Waals surface area contributed by atoms with Crippen LogP contribution in [0.5, 0.6) is 0 Å². The van der Waals surface area contributed by atoms with E-state index in [-0.39, 0.29) is 5.92 Å². The van der Waals surface area contributed by atoms with Crippen LogP contribution in [0.15, 0.2) is 30.3 Å². The van der Waals surface area contributed by atoms with E-state index < -0.39 is 0 Å². The minimum atomic E-state index is 0.214. The molecule has 0 heterocycles. The molecule has 1 fully saturated rings. The van der Waals surface area contributed by atoms with Gasteiger partial charge in [-0.3, -0.25) is 4.79 Å². The number of benzene rings is 1. The van der Waals surface area contributed by atoms with Crippen molar-refractivity contribution < 1.29 is 4.79 Å². The summed E-state index contributed by atoms with van der Waals surface area (Å²) in [5.41, 5.74) is 1.33. The lowest BCUT2D eigenvalue weighted by Crippen LogP contribution is -2.24. The van der Waals surface area contributed by atoms with Crippen LogP contribution in [0.2, 0.25) is 0 Å². The molecule has 1 nitrogen and oxygen atoms in total. The molecular weight excluding hydrogens is 172 g/mol. The molecule has 0 spiro atoms. The van der Waals surface area contributed by atoms with Crippen LogP contribution in [0.3, 0.4) is 0 Å². The molecule has 2 atom stereocenters. The first-order valence-electron chi connectivity index (χ1n) is 5.36. The zero-order valence-corrected chi connectivity index (χ0v) is 8.57. The fourth-order valence-corrected chi connectivity index (χ4v) is 2.35. The molecule has 1 aromatic rings. The molecule has 0 radical (unpaired) electrons. The van der Waals surface area contributed by atoms with Crippen LogP contribution in [-0.2, 0) is 4.79 Å². The van der Waals surface area contributed by atoms with Gasteiger partial charge in [-0.25, -0.2) is 0 Å². The van der Waals surface area contributed by atoms with Gasteiger partial charge in [0.05, 0.1) is 0 Å². The van der Waals surface area contributed by atoms with Gasteiger partial charge in [-0.05, 0) is 24.3 Å². The second-order valence-electron chi connectivity index (χ2n) is 4.16. The van der Waals surface area contributed by atoms with E-state index >= 15 is 0 Å². The molecule has 0 aromatic heterocycles. The van der Waals surface area contributed by atoms with Gasteiger partial charge in [0.25, 0.3) is 0 Å². The van der Waals surface area contributed by atoms with E-state index in [1.807, 2.05) is 6.07 Å². The quantitative estimate of drug-likeness (QED) is 0.661. The average molecular weight is 188 g/mol. The summed E-state index contributed by atoms with van der Waals surface area (Å²) in [6.45, 7) is 2.07. The van der Waals surface area contributed by atoms with Crippen molar-refractivity contribution in [2.75, 3.05) is 0 Å². The molecule has 14 heavy (non-hydrogen) atoms. The smallest absolute Gasteiger partial charge is 0.136 e. The first-order valence-corrected chi connectivity index (χ1v) is 5.36. The first kappa shape index (κ1) is 9.45. The number of rotatable bonds is 1. The fraction of sp³-hybridized carbons (Fsp3) is 0.462. The Bertz CT molecular complexity index is 315. The maximum Gasteiger partial charge on any atom is 0.136 e. The lowest BCUT2D eigenvalue weighted by Gasteiger charge is -2.27. The summed E-state index contributed by atoms with van der Waals surface area (Å²) in [6, 6.07) is 10.4. The van der Waals surface area contributed by atoms with E-state index in [0.717, 1.165) is 19.3 Å². The maximum absolute atomic E-state index is 11.6. The Hall–Kier alpha value is -1.11. The zero-order valence-electron chi connectivity index (χ0n) is 8.57. The molecule has 0 amide bonds. The molecule has 1 heteroatoms. The van der Waals surface area contributed by atoms with Crippen molar-refractivity contribution in [3.8, 4) is 0 Å². The Labute approximate surface area is 85.1 Å². The second kappa shape index (κ2) is 3.95. The molecule has 0 saturated heterocycles. The minimum absolute atomic E-state index is 0.214. The van der Waals surface area contributed by atoms with Crippen molar-refractivity contribution in [1.82, 2.24) is 0 Å². The van der Waals surface area contributed by atoms with E-state index in [4.69, 9.17) is 0 Å². The van der Waals surface area contributed by atoms with Crippen molar-refractivity contribution in [2.24, 2.45) is 5.92 Å². The van der Waals surface area contributed by atoms with Crippen molar-refractivity contribution in [3.63, 3.8) is 0 Å². The molecule has 0 unspecified atom stereocenters.